The van der Waals surface area contributed by atoms with Crippen molar-refractivity contribution >= 4 is 11.9 Å². The van der Waals surface area contributed by atoms with Crippen molar-refractivity contribution in [1.82, 2.24) is 9.88 Å². The first-order valence-electron chi connectivity index (χ1n) is 5.94. The number of methoxy groups -OCH3 is 1. The normalized spacial score (nSPS) is 10.3. The molecule has 0 saturated carbocycles. The van der Waals surface area contributed by atoms with Crippen LogP contribution in [0.25, 0.3) is 0 Å². The Morgan fingerprint density at radius 1 is 1.47 bits per heavy atom. The highest BCUT2D eigenvalue weighted by atomic mass is 16.5. The van der Waals surface area contributed by atoms with Crippen LogP contribution in [-0.2, 0) is 4.79 Å². The number of hydrogen-bond donors (Lipinski definition) is 1. The molecule has 0 spiro atoms. The maximum absolute atomic E-state index is 12.4. The fourth-order valence-corrected chi connectivity index (χ4v) is 1.71. The van der Waals surface area contributed by atoms with Gasteiger partial charge in [0.1, 0.15) is 12.3 Å². The van der Waals surface area contributed by atoms with Crippen LogP contribution in [-0.4, -0.2) is 47.1 Å². The molecule has 0 aromatic carbocycles. The van der Waals surface area contributed by atoms with Crippen LogP contribution in [0.1, 0.15) is 24.2 Å². The van der Waals surface area contributed by atoms with Gasteiger partial charge < -0.3 is 14.7 Å². The van der Waals surface area contributed by atoms with Crippen LogP contribution < -0.4 is 4.74 Å². The zero-order valence-electron chi connectivity index (χ0n) is 11.3. The molecule has 1 rings (SSSR count). The number of carbonyl (C=O) groups is 2. The van der Waals surface area contributed by atoms with Gasteiger partial charge in [0.2, 0.25) is 0 Å². The molecule has 1 aromatic heterocycles. The Hall–Kier alpha value is -2.11. The SMILES string of the molecule is COc1cnccc1C(=O)N(CC(=O)O)CC(C)C. The van der Waals surface area contributed by atoms with E-state index in [-0.39, 0.29) is 18.4 Å². The van der Waals surface area contributed by atoms with Crippen LogP contribution in [0.15, 0.2) is 18.5 Å². The number of hydrogen-bond acceptors (Lipinski definition) is 4. The van der Waals surface area contributed by atoms with Gasteiger partial charge in [-0.05, 0) is 12.0 Å². The van der Waals surface area contributed by atoms with Gasteiger partial charge in [-0.3, -0.25) is 14.6 Å². The summed E-state index contributed by atoms with van der Waals surface area (Å²) in [5.74, 6) is -0.889. The molecule has 19 heavy (non-hydrogen) atoms. The first-order valence-corrected chi connectivity index (χ1v) is 5.94. The molecule has 0 aliphatic carbocycles. The predicted molar refractivity (Wildman–Crippen MR) is 69.2 cm³/mol. The maximum atomic E-state index is 12.4. The first-order chi connectivity index (χ1) is 8.95. The molecule has 0 aliphatic rings. The topological polar surface area (TPSA) is 79.7 Å². The second-order valence-corrected chi connectivity index (χ2v) is 4.55. The maximum Gasteiger partial charge on any atom is 0.323 e. The number of carboxylic acids is 1. The van der Waals surface area contributed by atoms with Crippen molar-refractivity contribution in [2.45, 2.75) is 13.8 Å². The van der Waals surface area contributed by atoms with Crippen molar-refractivity contribution in [1.29, 1.82) is 0 Å². The minimum Gasteiger partial charge on any atom is -0.494 e. The number of aliphatic carboxylic acids is 1. The number of rotatable bonds is 6. The van der Waals surface area contributed by atoms with Gasteiger partial charge in [-0.2, -0.15) is 0 Å². The van der Waals surface area contributed by atoms with Crippen molar-refractivity contribution in [3.63, 3.8) is 0 Å². The van der Waals surface area contributed by atoms with Crippen molar-refractivity contribution < 1.29 is 19.4 Å². The lowest BCUT2D eigenvalue weighted by Crippen LogP contribution is -2.38. The Morgan fingerprint density at radius 2 is 2.16 bits per heavy atom. The number of ether oxygens (including phenoxy) is 1. The quantitative estimate of drug-likeness (QED) is 0.838. The summed E-state index contributed by atoms with van der Waals surface area (Å²) >= 11 is 0. The molecule has 0 fully saturated rings. The second kappa shape index (κ2) is 6.72. The van der Waals surface area contributed by atoms with Gasteiger partial charge in [0.25, 0.3) is 5.91 Å². The average Bonchev–Trinajstić information content (AvgIpc) is 2.36. The lowest BCUT2D eigenvalue weighted by molar-refractivity contribution is -0.137. The lowest BCUT2D eigenvalue weighted by Gasteiger charge is -2.23. The molecule has 0 radical (unpaired) electrons. The summed E-state index contributed by atoms with van der Waals surface area (Å²) in [6, 6.07) is 1.52. The van der Waals surface area contributed by atoms with Gasteiger partial charge in [0, 0.05) is 12.7 Å². The van der Waals surface area contributed by atoms with E-state index in [4.69, 9.17) is 9.84 Å². The summed E-state index contributed by atoms with van der Waals surface area (Å²) in [6.45, 7) is 3.89. The van der Waals surface area contributed by atoms with Crippen LogP contribution in [0, 0.1) is 5.92 Å². The molecule has 6 heteroatoms. The third-order valence-electron chi connectivity index (χ3n) is 2.43. The van der Waals surface area contributed by atoms with E-state index in [0.717, 1.165) is 0 Å². The van der Waals surface area contributed by atoms with Crippen LogP contribution in [0.2, 0.25) is 0 Å². The molecule has 0 saturated heterocycles. The molecule has 1 heterocycles. The predicted octanol–water partition coefficient (Wildman–Crippen LogP) is 1.27. The average molecular weight is 266 g/mol. The Labute approximate surface area is 112 Å². The molecule has 0 atom stereocenters. The van der Waals surface area contributed by atoms with Crippen LogP contribution in [0.4, 0.5) is 0 Å². The molecule has 6 nitrogen and oxygen atoms in total. The van der Waals surface area contributed by atoms with Gasteiger partial charge >= 0.3 is 5.97 Å². The first kappa shape index (κ1) is 14.9. The Balaban J connectivity index is 3.00. The third-order valence-corrected chi connectivity index (χ3v) is 2.43. The van der Waals surface area contributed by atoms with Gasteiger partial charge in [0.05, 0.1) is 18.9 Å². The van der Waals surface area contributed by atoms with Gasteiger partial charge in [-0.1, -0.05) is 13.8 Å². The molecule has 104 valence electrons. The van der Waals surface area contributed by atoms with E-state index >= 15 is 0 Å². The summed E-state index contributed by atoms with van der Waals surface area (Å²) in [5, 5.41) is 8.88. The minimum atomic E-state index is -1.04. The van der Waals surface area contributed by atoms with E-state index in [1.807, 2.05) is 13.8 Å². The molecule has 0 aliphatic heterocycles. The summed E-state index contributed by atoms with van der Waals surface area (Å²) in [4.78, 5) is 28.4. The molecule has 1 amide bonds. The number of carbonyl (C=O) groups excluding carboxylic acids is 1. The number of carboxylic acid groups (broad SMARTS) is 1. The molecular weight excluding hydrogens is 248 g/mol. The molecule has 0 bridgehead atoms. The number of nitrogens with zero attached hydrogens (tertiary/aromatic N) is 2. The molecule has 0 unspecified atom stereocenters. The van der Waals surface area contributed by atoms with Gasteiger partial charge in [-0.15, -0.1) is 0 Å². The van der Waals surface area contributed by atoms with Crippen LogP contribution in [0.5, 0.6) is 5.75 Å². The van der Waals surface area contributed by atoms with Crippen molar-refractivity contribution in [2.24, 2.45) is 5.92 Å². The lowest BCUT2D eigenvalue weighted by atomic mass is 10.1. The summed E-state index contributed by atoms with van der Waals surface area (Å²) in [6.07, 6.45) is 2.91. The standard InChI is InChI=1S/C13H18N2O4/c1-9(2)7-15(8-12(16)17)13(18)10-4-5-14-6-11(10)19-3/h4-6,9H,7-8H2,1-3H3,(H,16,17). The highest BCUT2D eigenvalue weighted by Crippen LogP contribution is 2.18. The zero-order valence-corrected chi connectivity index (χ0v) is 11.3. The number of aromatic nitrogens is 1. The van der Waals surface area contributed by atoms with E-state index in [9.17, 15) is 9.59 Å². The molecular formula is C13H18N2O4. The van der Waals surface area contributed by atoms with E-state index < -0.39 is 5.97 Å². The fourth-order valence-electron chi connectivity index (χ4n) is 1.71. The summed E-state index contributed by atoms with van der Waals surface area (Å²) in [5.41, 5.74) is 0.319. The number of pyridine rings is 1. The summed E-state index contributed by atoms with van der Waals surface area (Å²) < 4.78 is 5.07. The minimum absolute atomic E-state index is 0.177. The Bertz CT molecular complexity index is 460. The summed E-state index contributed by atoms with van der Waals surface area (Å²) in [7, 11) is 1.44. The van der Waals surface area contributed by atoms with Crippen LogP contribution >= 0.6 is 0 Å². The van der Waals surface area contributed by atoms with E-state index in [1.54, 1.807) is 0 Å². The van der Waals surface area contributed by atoms with Gasteiger partial charge in [-0.25, -0.2) is 0 Å². The fraction of sp³-hybridized carbons (Fsp3) is 0.462. The number of amides is 1. The van der Waals surface area contributed by atoms with Crippen molar-refractivity contribution in [3.05, 3.63) is 24.0 Å². The zero-order chi connectivity index (χ0) is 14.4. The van der Waals surface area contributed by atoms with E-state index in [1.165, 1.54) is 30.5 Å². The van der Waals surface area contributed by atoms with Crippen LogP contribution in [0.3, 0.4) is 0 Å². The van der Waals surface area contributed by atoms with Gasteiger partial charge in [0.15, 0.2) is 0 Å². The highest BCUT2D eigenvalue weighted by molar-refractivity contribution is 5.98. The smallest absolute Gasteiger partial charge is 0.323 e. The van der Waals surface area contributed by atoms with Crippen molar-refractivity contribution in [2.75, 3.05) is 20.2 Å². The highest BCUT2D eigenvalue weighted by Gasteiger charge is 2.22. The molecule has 1 aromatic rings. The van der Waals surface area contributed by atoms with Crippen molar-refractivity contribution in [3.8, 4) is 5.75 Å². The van der Waals surface area contributed by atoms with E-state index in [2.05, 4.69) is 4.98 Å². The Kier molecular flexibility index (Phi) is 5.29. The second-order valence-electron chi connectivity index (χ2n) is 4.55. The third kappa shape index (κ3) is 4.24. The Morgan fingerprint density at radius 3 is 2.68 bits per heavy atom. The largest absolute Gasteiger partial charge is 0.494 e. The monoisotopic (exact) mass is 266 g/mol. The molecule has 1 N–H and O–H groups in total. The van der Waals surface area contributed by atoms with E-state index in [0.29, 0.717) is 17.9 Å².